The van der Waals surface area contributed by atoms with Gasteiger partial charge in [0.05, 0.1) is 6.61 Å². The van der Waals surface area contributed by atoms with Gasteiger partial charge in [-0.25, -0.2) is 0 Å². The molecule has 0 bridgehead atoms. The van der Waals surface area contributed by atoms with Gasteiger partial charge in [0.2, 0.25) is 0 Å². The summed E-state index contributed by atoms with van der Waals surface area (Å²) in [6.07, 6.45) is 3.14. The zero-order valence-corrected chi connectivity index (χ0v) is 13.2. The van der Waals surface area contributed by atoms with Gasteiger partial charge in [0.1, 0.15) is 0 Å². The van der Waals surface area contributed by atoms with Crippen molar-refractivity contribution in [1.29, 1.82) is 0 Å². The van der Waals surface area contributed by atoms with E-state index >= 15 is 0 Å². The average Bonchev–Trinajstić information content (AvgIpc) is 2.44. The van der Waals surface area contributed by atoms with Crippen molar-refractivity contribution < 1.29 is 5.11 Å². The van der Waals surface area contributed by atoms with Crippen molar-refractivity contribution in [2.24, 2.45) is 0 Å². The normalized spacial score (nSPS) is 14.3. The van der Waals surface area contributed by atoms with E-state index in [-0.39, 0.29) is 12.1 Å². The molecule has 0 aliphatic rings. The number of likely N-dealkylation sites (N-methyl/N-ethyl adjacent to an activating group) is 1. The zero-order chi connectivity index (χ0) is 14.1. The van der Waals surface area contributed by atoms with Crippen LogP contribution in [0.4, 0.5) is 0 Å². The first kappa shape index (κ1) is 16.5. The van der Waals surface area contributed by atoms with E-state index in [9.17, 15) is 5.11 Å². The van der Waals surface area contributed by atoms with Crippen LogP contribution in [0.1, 0.15) is 38.7 Å². The Morgan fingerprint density at radius 1 is 1.21 bits per heavy atom. The molecule has 0 spiro atoms. The molecule has 0 radical (unpaired) electrons. The number of aliphatic hydroxyl groups is 1. The lowest BCUT2D eigenvalue weighted by molar-refractivity contribution is 0.148. The first-order valence-electron chi connectivity index (χ1n) is 7.21. The fraction of sp³-hybridized carbons (Fsp3) is 0.625. The number of benzene rings is 1. The first-order chi connectivity index (χ1) is 9.15. The second-order valence-corrected chi connectivity index (χ2v) is 6.26. The van der Waals surface area contributed by atoms with E-state index in [1.165, 1.54) is 10.5 Å². The molecule has 1 unspecified atom stereocenters. The number of nitrogens with one attached hydrogen (secondary N) is 1. The smallest absolute Gasteiger partial charge is 0.0613 e. The van der Waals surface area contributed by atoms with Gasteiger partial charge >= 0.3 is 0 Å². The number of rotatable bonds is 9. The van der Waals surface area contributed by atoms with E-state index in [0.29, 0.717) is 0 Å². The average molecular weight is 281 g/mol. The summed E-state index contributed by atoms with van der Waals surface area (Å²) < 4.78 is 0. The molecular formula is C16H27NOS. The summed E-state index contributed by atoms with van der Waals surface area (Å²) in [5, 5.41) is 13.0. The third-order valence-corrected chi connectivity index (χ3v) is 4.72. The minimum Gasteiger partial charge on any atom is -0.394 e. The zero-order valence-electron chi connectivity index (χ0n) is 12.4. The van der Waals surface area contributed by atoms with Crippen LogP contribution in [0.5, 0.6) is 0 Å². The summed E-state index contributed by atoms with van der Waals surface area (Å²) in [7, 11) is 0. The Labute approximate surface area is 122 Å². The standard InChI is InChI=1S/C16H27NOS/c1-4-16(13-18,17-5-2)11-6-12-19-15-9-7-14(3)8-10-15/h7-10,17-18H,4-6,11-13H2,1-3H3. The lowest BCUT2D eigenvalue weighted by Gasteiger charge is -2.31. The van der Waals surface area contributed by atoms with E-state index in [1.54, 1.807) is 0 Å². The van der Waals surface area contributed by atoms with Crippen molar-refractivity contribution in [2.45, 2.75) is 50.5 Å². The molecule has 1 aromatic carbocycles. The molecule has 0 aliphatic carbocycles. The van der Waals surface area contributed by atoms with Crippen molar-refractivity contribution in [3.63, 3.8) is 0 Å². The minimum absolute atomic E-state index is 0.0808. The quantitative estimate of drug-likeness (QED) is 0.535. The van der Waals surface area contributed by atoms with Gasteiger partial charge in [-0.1, -0.05) is 31.5 Å². The van der Waals surface area contributed by atoms with Gasteiger partial charge in [0.15, 0.2) is 0 Å². The van der Waals surface area contributed by atoms with E-state index < -0.39 is 0 Å². The maximum absolute atomic E-state index is 9.59. The molecule has 0 amide bonds. The van der Waals surface area contributed by atoms with E-state index in [4.69, 9.17) is 0 Å². The molecule has 2 nitrogen and oxygen atoms in total. The number of hydrogen-bond acceptors (Lipinski definition) is 3. The van der Waals surface area contributed by atoms with Crippen molar-refractivity contribution >= 4 is 11.8 Å². The van der Waals surface area contributed by atoms with Crippen molar-refractivity contribution in [3.05, 3.63) is 29.8 Å². The fourth-order valence-electron chi connectivity index (χ4n) is 2.25. The maximum atomic E-state index is 9.59. The highest BCUT2D eigenvalue weighted by atomic mass is 32.2. The highest BCUT2D eigenvalue weighted by molar-refractivity contribution is 7.99. The maximum Gasteiger partial charge on any atom is 0.0613 e. The summed E-state index contributed by atoms with van der Waals surface area (Å²) in [6.45, 7) is 7.50. The number of hydrogen-bond donors (Lipinski definition) is 2. The molecule has 0 aromatic heterocycles. The summed E-state index contributed by atoms with van der Waals surface area (Å²) in [6, 6.07) is 8.68. The largest absolute Gasteiger partial charge is 0.394 e. The second-order valence-electron chi connectivity index (χ2n) is 5.09. The lowest BCUT2D eigenvalue weighted by atomic mass is 9.91. The van der Waals surface area contributed by atoms with Crippen molar-refractivity contribution in [1.82, 2.24) is 5.32 Å². The van der Waals surface area contributed by atoms with Crippen LogP contribution in [-0.2, 0) is 0 Å². The van der Waals surface area contributed by atoms with Gasteiger partial charge in [0, 0.05) is 10.4 Å². The number of thioether (sulfide) groups is 1. The fourth-order valence-corrected chi connectivity index (χ4v) is 3.10. The number of aliphatic hydroxyl groups excluding tert-OH is 1. The second kappa shape index (κ2) is 8.62. The molecule has 0 aliphatic heterocycles. The summed E-state index contributed by atoms with van der Waals surface area (Å²) in [5.74, 6) is 1.11. The van der Waals surface area contributed by atoms with Gasteiger partial charge in [-0.3, -0.25) is 0 Å². The molecular weight excluding hydrogens is 254 g/mol. The Hall–Kier alpha value is -0.510. The van der Waals surface area contributed by atoms with E-state index in [2.05, 4.69) is 50.4 Å². The van der Waals surface area contributed by atoms with Crippen LogP contribution in [0.25, 0.3) is 0 Å². The Bertz CT molecular complexity index is 346. The third-order valence-electron chi connectivity index (χ3n) is 3.62. The van der Waals surface area contributed by atoms with Crippen molar-refractivity contribution in [2.75, 3.05) is 18.9 Å². The molecule has 0 fully saturated rings. The van der Waals surface area contributed by atoms with E-state index in [0.717, 1.165) is 31.6 Å². The van der Waals surface area contributed by atoms with Gasteiger partial charge in [-0.2, -0.15) is 0 Å². The molecule has 108 valence electrons. The lowest BCUT2D eigenvalue weighted by Crippen LogP contribution is -2.48. The van der Waals surface area contributed by atoms with Crippen LogP contribution in [0, 0.1) is 6.92 Å². The Morgan fingerprint density at radius 3 is 2.42 bits per heavy atom. The first-order valence-corrected chi connectivity index (χ1v) is 8.19. The van der Waals surface area contributed by atoms with Crippen LogP contribution in [0.3, 0.4) is 0 Å². The monoisotopic (exact) mass is 281 g/mol. The van der Waals surface area contributed by atoms with Crippen LogP contribution in [-0.4, -0.2) is 29.5 Å². The SMILES string of the molecule is CCNC(CC)(CO)CCCSc1ccc(C)cc1. The van der Waals surface area contributed by atoms with Gasteiger partial charge in [-0.15, -0.1) is 11.8 Å². The van der Waals surface area contributed by atoms with Crippen LogP contribution >= 0.6 is 11.8 Å². The summed E-state index contributed by atoms with van der Waals surface area (Å²) >= 11 is 1.90. The highest BCUT2D eigenvalue weighted by Crippen LogP contribution is 2.23. The van der Waals surface area contributed by atoms with Gasteiger partial charge in [-0.05, 0) is 50.6 Å². The predicted octanol–water partition coefficient (Wildman–Crippen LogP) is 3.62. The van der Waals surface area contributed by atoms with Crippen LogP contribution < -0.4 is 5.32 Å². The predicted molar refractivity (Wildman–Crippen MR) is 84.9 cm³/mol. The molecule has 2 N–H and O–H groups in total. The van der Waals surface area contributed by atoms with Crippen LogP contribution in [0.15, 0.2) is 29.2 Å². The van der Waals surface area contributed by atoms with Crippen LogP contribution in [0.2, 0.25) is 0 Å². The molecule has 0 saturated heterocycles. The molecule has 1 aromatic rings. The number of aryl methyl sites for hydroxylation is 1. The Morgan fingerprint density at radius 2 is 1.89 bits per heavy atom. The third kappa shape index (κ3) is 5.55. The molecule has 3 heteroatoms. The van der Waals surface area contributed by atoms with E-state index in [1.807, 2.05) is 11.8 Å². The van der Waals surface area contributed by atoms with Gasteiger partial charge in [0.25, 0.3) is 0 Å². The van der Waals surface area contributed by atoms with Gasteiger partial charge < -0.3 is 10.4 Å². The highest BCUT2D eigenvalue weighted by Gasteiger charge is 2.25. The topological polar surface area (TPSA) is 32.3 Å². The Kier molecular flexibility index (Phi) is 7.51. The molecule has 1 atom stereocenters. The molecule has 0 saturated carbocycles. The summed E-state index contributed by atoms with van der Waals surface area (Å²) in [5.41, 5.74) is 1.23. The van der Waals surface area contributed by atoms with Crippen molar-refractivity contribution in [3.8, 4) is 0 Å². The molecule has 19 heavy (non-hydrogen) atoms. The Balaban J connectivity index is 2.34. The molecule has 1 rings (SSSR count). The summed E-state index contributed by atoms with van der Waals surface area (Å²) in [4.78, 5) is 1.33. The minimum atomic E-state index is -0.0808. The molecule has 0 heterocycles.